The van der Waals surface area contributed by atoms with Gasteiger partial charge in [0.05, 0.1) is 18.5 Å². The lowest BCUT2D eigenvalue weighted by Gasteiger charge is -2.21. The standard InChI is InChI=1S/C12H27N4OP/c1-2-18(17)12-11-16-9-7-14-5-3-13-4-6-15-8-10-16/h12-15H,2-11H2,1H3. The maximum absolute atomic E-state index is 11.5. The summed E-state index contributed by atoms with van der Waals surface area (Å²) in [6, 6.07) is 0. The predicted octanol–water partition coefficient (Wildman–Crippen LogP) is -1.35. The molecular weight excluding hydrogens is 247 g/mol. The lowest BCUT2D eigenvalue weighted by atomic mass is 10.4. The van der Waals surface area contributed by atoms with E-state index in [4.69, 9.17) is 0 Å². The van der Waals surface area contributed by atoms with Crippen molar-refractivity contribution < 1.29 is 4.89 Å². The van der Waals surface area contributed by atoms with Crippen LogP contribution in [0.1, 0.15) is 6.92 Å². The van der Waals surface area contributed by atoms with Crippen LogP contribution in [0.3, 0.4) is 0 Å². The van der Waals surface area contributed by atoms with Crippen molar-refractivity contribution >= 4 is 13.6 Å². The number of hydrogen-bond acceptors (Lipinski definition) is 5. The maximum Gasteiger partial charge on any atom is 0.0994 e. The molecule has 0 saturated carbocycles. The molecular formula is C12H27N4OP. The van der Waals surface area contributed by atoms with Gasteiger partial charge in [0.1, 0.15) is 0 Å². The van der Waals surface area contributed by atoms with Crippen molar-refractivity contribution in [2.45, 2.75) is 6.92 Å². The van der Waals surface area contributed by atoms with Crippen LogP contribution in [0.4, 0.5) is 0 Å². The molecule has 1 saturated heterocycles. The van der Waals surface area contributed by atoms with Gasteiger partial charge in [0.25, 0.3) is 0 Å². The van der Waals surface area contributed by atoms with Crippen molar-refractivity contribution in [2.75, 3.05) is 65.1 Å². The Morgan fingerprint density at radius 1 is 1.00 bits per heavy atom. The fourth-order valence-corrected chi connectivity index (χ4v) is 2.50. The van der Waals surface area contributed by atoms with Gasteiger partial charge in [-0.25, -0.2) is 0 Å². The molecule has 0 aliphatic carbocycles. The first-order valence-corrected chi connectivity index (χ1v) is 8.46. The van der Waals surface area contributed by atoms with Crippen LogP contribution in [0.5, 0.6) is 0 Å². The molecule has 0 radical (unpaired) electrons. The molecule has 18 heavy (non-hydrogen) atoms. The second-order valence-electron chi connectivity index (χ2n) is 4.47. The van der Waals surface area contributed by atoms with Crippen molar-refractivity contribution in [3.8, 4) is 0 Å². The lowest BCUT2D eigenvalue weighted by Crippen LogP contribution is -2.42. The average Bonchev–Trinajstić information content (AvgIpc) is 2.37. The minimum absolute atomic E-state index is 0.755. The molecule has 1 rings (SSSR count). The molecule has 106 valence electrons. The van der Waals surface area contributed by atoms with Crippen molar-refractivity contribution in [2.24, 2.45) is 0 Å². The Morgan fingerprint density at radius 2 is 1.50 bits per heavy atom. The third kappa shape index (κ3) is 8.14. The minimum Gasteiger partial charge on any atom is -0.631 e. The molecule has 1 fully saturated rings. The van der Waals surface area contributed by atoms with Gasteiger partial charge >= 0.3 is 0 Å². The van der Waals surface area contributed by atoms with Crippen molar-refractivity contribution in [3.05, 3.63) is 0 Å². The summed E-state index contributed by atoms with van der Waals surface area (Å²) < 4.78 is 0. The quantitative estimate of drug-likeness (QED) is 0.556. The normalized spacial score (nSPS) is 22.2. The van der Waals surface area contributed by atoms with E-state index in [1.807, 2.05) is 12.7 Å². The van der Waals surface area contributed by atoms with Crippen LogP contribution in [-0.2, 0) is 0 Å². The van der Waals surface area contributed by atoms with Crippen LogP contribution in [0.15, 0.2) is 0 Å². The van der Waals surface area contributed by atoms with E-state index in [2.05, 4.69) is 20.9 Å². The van der Waals surface area contributed by atoms with Gasteiger partial charge in [-0.05, 0) is 6.92 Å². The van der Waals surface area contributed by atoms with Crippen LogP contribution < -0.4 is 20.8 Å². The van der Waals surface area contributed by atoms with Gasteiger partial charge < -0.3 is 20.8 Å². The second-order valence-corrected chi connectivity index (χ2v) is 6.30. The Kier molecular flexibility index (Phi) is 9.66. The highest BCUT2D eigenvalue weighted by atomic mass is 31.1. The fraction of sp³-hybridized carbons (Fsp3) is 0.917. The first kappa shape index (κ1) is 16.0. The molecule has 1 heterocycles. The Morgan fingerprint density at radius 3 is 2.00 bits per heavy atom. The van der Waals surface area contributed by atoms with E-state index < -0.39 is 7.77 Å². The highest BCUT2D eigenvalue weighted by molar-refractivity contribution is 7.49. The monoisotopic (exact) mass is 274 g/mol. The Bertz CT molecular complexity index is 226. The fourth-order valence-electron chi connectivity index (χ4n) is 1.83. The number of nitrogens with one attached hydrogen (secondary N) is 3. The average molecular weight is 274 g/mol. The second kappa shape index (κ2) is 10.9. The van der Waals surface area contributed by atoms with E-state index in [0.717, 1.165) is 65.1 Å². The van der Waals surface area contributed by atoms with Gasteiger partial charge in [-0.1, -0.05) is 0 Å². The summed E-state index contributed by atoms with van der Waals surface area (Å²) in [7, 11) is -1.11. The Labute approximate surface area is 112 Å². The molecule has 0 bridgehead atoms. The summed E-state index contributed by atoms with van der Waals surface area (Å²) in [5.74, 6) is 1.96. The van der Waals surface area contributed by atoms with E-state index in [9.17, 15) is 4.89 Å². The van der Waals surface area contributed by atoms with Gasteiger partial charge in [-0.2, -0.15) is 0 Å². The summed E-state index contributed by atoms with van der Waals surface area (Å²) in [6.07, 6.45) is 0.755. The van der Waals surface area contributed by atoms with Crippen LogP contribution in [0.25, 0.3) is 0 Å². The van der Waals surface area contributed by atoms with Crippen LogP contribution in [0, 0.1) is 0 Å². The summed E-state index contributed by atoms with van der Waals surface area (Å²) in [5, 5.41) is 10.2. The first-order chi connectivity index (χ1) is 8.83. The topological polar surface area (TPSA) is 62.4 Å². The van der Waals surface area contributed by atoms with Gasteiger partial charge in [0.15, 0.2) is 0 Å². The molecule has 5 nitrogen and oxygen atoms in total. The molecule has 3 N–H and O–H groups in total. The molecule has 1 aliphatic rings. The third-order valence-electron chi connectivity index (χ3n) is 3.02. The Balaban J connectivity index is 2.31. The minimum atomic E-state index is -1.11. The summed E-state index contributed by atoms with van der Waals surface area (Å²) >= 11 is 0. The zero-order valence-corrected chi connectivity index (χ0v) is 12.3. The van der Waals surface area contributed by atoms with Crippen LogP contribution in [0.2, 0.25) is 0 Å². The SMILES string of the molecule is CC/[P+]([O-])=C/CN1CCNCCNCCNCC1. The van der Waals surface area contributed by atoms with Gasteiger partial charge in [0, 0.05) is 60.1 Å². The van der Waals surface area contributed by atoms with Crippen LogP contribution >= 0.6 is 7.77 Å². The highest BCUT2D eigenvalue weighted by Gasteiger charge is 2.05. The molecule has 6 heteroatoms. The van der Waals surface area contributed by atoms with Crippen molar-refractivity contribution in [1.82, 2.24) is 20.9 Å². The summed E-state index contributed by atoms with van der Waals surface area (Å²) in [4.78, 5) is 13.8. The smallest absolute Gasteiger partial charge is 0.0994 e. The van der Waals surface area contributed by atoms with E-state index >= 15 is 0 Å². The van der Waals surface area contributed by atoms with E-state index in [-0.39, 0.29) is 0 Å². The lowest BCUT2D eigenvalue weighted by molar-refractivity contribution is -0.152. The number of nitrogens with zero attached hydrogens (tertiary/aromatic N) is 1. The van der Waals surface area contributed by atoms with Crippen molar-refractivity contribution in [3.63, 3.8) is 0 Å². The van der Waals surface area contributed by atoms with Gasteiger partial charge in [-0.3, -0.25) is 4.90 Å². The third-order valence-corrected chi connectivity index (χ3v) is 4.22. The summed E-state index contributed by atoms with van der Waals surface area (Å²) in [6.45, 7) is 10.9. The molecule has 0 aromatic rings. The molecule has 0 spiro atoms. The Hall–Kier alpha value is -0.0300. The molecule has 0 aromatic heterocycles. The molecule has 1 atom stereocenters. The molecule has 0 aromatic carbocycles. The molecule has 1 aliphatic heterocycles. The number of rotatable bonds is 3. The van der Waals surface area contributed by atoms with E-state index in [1.54, 1.807) is 0 Å². The highest BCUT2D eigenvalue weighted by Crippen LogP contribution is 2.06. The largest absolute Gasteiger partial charge is 0.631 e. The van der Waals surface area contributed by atoms with E-state index in [1.165, 1.54) is 0 Å². The van der Waals surface area contributed by atoms with E-state index in [0.29, 0.717) is 0 Å². The van der Waals surface area contributed by atoms with Crippen molar-refractivity contribution in [1.29, 1.82) is 0 Å². The first-order valence-electron chi connectivity index (χ1n) is 6.94. The number of hydrogen-bond donors (Lipinski definition) is 3. The summed E-state index contributed by atoms with van der Waals surface area (Å²) in [5.41, 5.74) is 0. The zero-order chi connectivity index (χ0) is 13.1. The molecule has 0 amide bonds. The predicted molar refractivity (Wildman–Crippen MR) is 78.6 cm³/mol. The van der Waals surface area contributed by atoms with Gasteiger partial charge in [-0.15, -0.1) is 0 Å². The zero-order valence-electron chi connectivity index (χ0n) is 11.5. The van der Waals surface area contributed by atoms with Crippen LogP contribution in [-0.4, -0.2) is 75.8 Å². The maximum atomic E-state index is 11.5. The van der Waals surface area contributed by atoms with Gasteiger partial charge in [0.2, 0.25) is 0 Å². The molecule has 1 unspecified atom stereocenters.